The van der Waals surface area contributed by atoms with E-state index < -0.39 is 12.0 Å². The number of ether oxygens (including phenoxy) is 3. The van der Waals surface area contributed by atoms with Gasteiger partial charge in [-0.1, -0.05) is 6.07 Å². The Labute approximate surface area is 256 Å². The van der Waals surface area contributed by atoms with Crippen molar-refractivity contribution in [1.29, 1.82) is 0 Å². The topological polar surface area (TPSA) is 235 Å². The van der Waals surface area contributed by atoms with Crippen molar-refractivity contribution in [1.82, 2.24) is 10.6 Å². The van der Waals surface area contributed by atoms with Crippen LogP contribution >= 0.6 is 0 Å². The van der Waals surface area contributed by atoms with E-state index in [0.29, 0.717) is 67.2 Å². The zero-order valence-corrected chi connectivity index (χ0v) is 25.0. The van der Waals surface area contributed by atoms with Gasteiger partial charge in [0, 0.05) is 37.8 Å². The highest BCUT2D eigenvalue weighted by Gasteiger charge is 2.42. The predicted octanol–water partition coefficient (Wildman–Crippen LogP) is 0.980. The van der Waals surface area contributed by atoms with Crippen LogP contribution < -0.4 is 47.8 Å². The lowest BCUT2D eigenvalue weighted by molar-refractivity contribution is -0.124. The van der Waals surface area contributed by atoms with E-state index in [2.05, 4.69) is 20.6 Å². The summed E-state index contributed by atoms with van der Waals surface area (Å²) in [6, 6.07) is 8.34. The van der Waals surface area contributed by atoms with Gasteiger partial charge in [-0.05, 0) is 67.2 Å². The van der Waals surface area contributed by atoms with E-state index in [1.54, 1.807) is 30.3 Å². The molecule has 238 valence electrons. The number of rotatable bonds is 16. The highest BCUT2D eigenvalue weighted by atomic mass is 16.5. The van der Waals surface area contributed by atoms with Gasteiger partial charge in [-0.2, -0.15) is 0 Å². The molecule has 1 heterocycles. The van der Waals surface area contributed by atoms with Crippen molar-refractivity contribution in [2.24, 2.45) is 32.9 Å². The molecule has 1 aliphatic rings. The lowest BCUT2D eigenvalue weighted by atomic mass is 9.89. The van der Waals surface area contributed by atoms with Crippen LogP contribution in [0.15, 0.2) is 46.4 Å². The van der Waals surface area contributed by atoms with Gasteiger partial charge in [-0.3, -0.25) is 19.6 Å². The number of fused-ring (bicyclic) bond motifs is 1. The number of hydrogen-bond donors (Lipinski definition) is 7. The predicted molar refractivity (Wildman–Crippen MR) is 169 cm³/mol. The van der Waals surface area contributed by atoms with Crippen molar-refractivity contribution >= 4 is 29.8 Å². The molecule has 14 heteroatoms. The number of nitrogens with zero attached hydrogens (tertiary/aromatic N) is 2. The molecule has 44 heavy (non-hydrogen) atoms. The van der Waals surface area contributed by atoms with Crippen LogP contribution in [0.4, 0.5) is 0 Å². The first-order chi connectivity index (χ1) is 21.1. The number of aromatic hydroxyl groups is 1. The first kappa shape index (κ1) is 33.4. The number of unbranched alkanes of at least 4 members (excludes halogenated alkanes) is 2. The minimum Gasteiger partial charge on any atom is -0.504 e. The number of nitrogens with one attached hydrogen (secondary N) is 2. The van der Waals surface area contributed by atoms with E-state index in [0.717, 1.165) is 12.8 Å². The van der Waals surface area contributed by atoms with Gasteiger partial charge < -0.3 is 52.9 Å². The van der Waals surface area contributed by atoms with Crippen molar-refractivity contribution < 1.29 is 28.9 Å². The number of methoxy groups -OCH3 is 2. The zero-order chi connectivity index (χ0) is 32.1. The van der Waals surface area contributed by atoms with E-state index in [9.17, 15) is 14.7 Å². The second-order valence-corrected chi connectivity index (χ2v) is 10.0. The summed E-state index contributed by atoms with van der Waals surface area (Å²) in [6.07, 6.45) is 5.13. The highest BCUT2D eigenvalue weighted by Crippen LogP contribution is 2.51. The maximum absolute atomic E-state index is 13.7. The number of nitrogens with two attached hydrogens (primary N) is 4. The van der Waals surface area contributed by atoms with Crippen molar-refractivity contribution in [2.75, 3.05) is 40.4 Å². The Morgan fingerprint density at radius 3 is 2.16 bits per heavy atom. The number of phenolic OH excluding ortho intramolecular Hbond substituents is 1. The summed E-state index contributed by atoms with van der Waals surface area (Å²) in [5.41, 5.74) is 23.2. The van der Waals surface area contributed by atoms with Crippen molar-refractivity contribution in [3.05, 3.63) is 53.1 Å². The van der Waals surface area contributed by atoms with E-state index in [1.807, 2.05) is 0 Å². The van der Waals surface area contributed by atoms with Gasteiger partial charge in [-0.15, -0.1) is 0 Å². The Kier molecular flexibility index (Phi) is 12.5. The molecule has 0 spiro atoms. The largest absolute Gasteiger partial charge is 0.504 e. The molecule has 2 aromatic carbocycles. The summed E-state index contributed by atoms with van der Waals surface area (Å²) >= 11 is 0. The number of aliphatic imine (C=N–C) groups is 2. The lowest BCUT2D eigenvalue weighted by Crippen LogP contribution is -2.32. The van der Waals surface area contributed by atoms with Gasteiger partial charge >= 0.3 is 0 Å². The van der Waals surface area contributed by atoms with Crippen LogP contribution in [0.3, 0.4) is 0 Å². The van der Waals surface area contributed by atoms with E-state index >= 15 is 0 Å². The minimum absolute atomic E-state index is 0.0247. The molecule has 2 atom stereocenters. The molecular formula is C30H42N8O6. The fourth-order valence-corrected chi connectivity index (χ4v) is 4.67. The van der Waals surface area contributed by atoms with E-state index in [1.165, 1.54) is 26.4 Å². The van der Waals surface area contributed by atoms with Crippen molar-refractivity contribution in [2.45, 2.75) is 37.7 Å². The third kappa shape index (κ3) is 9.44. The Bertz CT molecular complexity index is 1390. The maximum Gasteiger partial charge on any atom is 0.243 e. The monoisotopic (exact) mass is 610 g/mol. The van der Waals surface area contributed by atoms with Crippen LogP contribution in [-0.2, 0) is 9.59 Å². The second kappa shape index (κ2) is 16.5. The summed E-state index contributed by atoms with van der Waals surface area (Å²) in [7, 11) is 2.95. The summed E-state index contributed by atoms with van der Waals surface area (Å²) in [5, 5.41) is 16.0. The van der Waals surface area contributed by atoms with Crippen molar-refractivity contribution in [3.8, 4) is 23.0 Å². The highest BCUT2D eigenvalue weighted by molar-refractivity contribution is 5.92. The molecule has 0 saturated heterocycles. The molecule has 0 saturated carbocycles. The second-order valence-electron chi connectivity index (χ2n) is 10.0. The minimum atomic E-state index is -0.766. The average Bonchev–Trinajstić information content (AvgIpc) is 3.38. The number of carbonyl (C=O) groups is 2. The van der Waals surface area contributed by atoms with Crippen LogP contribution in [0, 0.1) is 0 Å². The summed E-state index contributed by atoms with van der Waals surface area (Å²) in [4.78, 5) is 34.0. The normalized spacial score (nSPS) is 15.1. The Hall–Kier alpha value is -5.14. The lowest BCUT2D eigenvalue weighted by Gasteiger charge is -2.20. The van der Waals surface area contributed by atoms with Gasteiger partial charge in [0.25, 0.3) is 0 Å². The number of guanidine groups is 2. The maximum atomic E-state index is 13.7. The molecule has 11 N–H and O–H groups in total. The average molecular weight is 611 g/mol. The molecule has 0 radical (unpaired) electrons. The number of carbonyl (C=O) groups excluding carboxylic acids is 2. The molecule has 0 aliphatic carbocycles. The summed E-state index contributed by atoms with van der Waals surface area (Å²) < 4.78 is 17.3. The molecule has 3 rings (SSSR count). The fourth-order valence-electron chi connectivity index (χ4n) is 4.67. The van der Waals surface area contributed by atoms with Crippen LogP contribution in [0.5, 0.6) is 23.0 Å². The Balaban J connectivity index is 1.82. The quantitative estimate of drug-likeness (QED) is 0.0615. The first-order valence-corrected chi connectivity index (χ1v) is 14.2. The smallest absolute Gasteiger partial charge is 0.243 e. The van der Waals surface area contributed by atoms with Crippen LogP contribution in [-0.4, -0.2) is 69.2 Å². The Morgan fingerprint density at radius 1 is 0.909 bits per heavy atom. The zero-order valence-electron chi connectivity index (χ0n) is 25.0. The fraction of sp³-hybridized carbons (Fsp3) is 0.400. The van der Waals surface area contributed by atoms with Gasteiger partial charge in [0.15, 0.2) is 34.9 Å². The van der Waals surface area contributed by atoms with Gasteiger partial charge in [0.1, 0.15) is 12.0 Å². The number of hydrogen-bond acceptors (Lipinski definition) is 8. The van der Waals surface area contributed by atoms with Crippen molar-refractivity contribution in [3.63, 3.8) is 0 Å². The standard InChI is InChI=1S/C30H42N8O6/c1-42-22-17-19(8-9-21(22)39)26-25(28(41)36-12-4-6-14-38-30(33)34)20-15-18(16-23(43-2)27(20)44-26)7-10-24(40)35-11-3-5-13-37-29(31)32/h7-10,15-17,25-26,39H,3-6,11-14H2,1-2H3,(H,35,40)(H,36,41)(H4,31,32,37)(H4,33,34,38)/b10-7+/t25-,26-/m0/s1. The number of amides is 2. The Morgan fingerprint density at radius 2 is 1.55 bits per heavy atom. The molecule has 2 amide bonds. The van der Waals surface area contributed by atoms with Crippen LogP contribution in [0.1, 0.15) is 54.4 Å². The SMILES string of the molecule is COc1cc([C@@H]2Oc3c(OC)cc(/C=C/C(=O)NCCCCN=C(N)N)cc3[C@@H]2C(=O)NCCCCN=C(N)N)ccc1O. The third-order valence-electron chi connectivity index (χ3n) is 6.81. The first-order valence-electron chi connectivity index (χ1n) is 14.2. The number of benzene rings is 2. The van der Waals surface area contributed by atoms with Crippen LogP contribution in [0.25, 0.3) is 6.08 Å². The van der Waals surface area contributed by atoms with Crippen LogP contribution in [0.2, 0.25) is 0 Å². The van der Waals surface area contributed by atoms with E-state index in [4.69, 9.17) is 37.1 Å². The molecule has 0 aromatic heterocycles. The number of phenols is 1. The molecular weight excluding hydrogens is 568 g/mol. The molecule has 0 fully saturated rings. The molecule has 14 nitrogen and oxygen atoms in total. The summed E-state index contributed by atoms with van der Waals surface area (Å²) in [5.74, 6) is -0.193. The van der Waals surface area contributed by atoms with E-state index in [-0.39, 0.29) is 35.2 Å². The molecule has 0 bridgehead atoms. The van der Waals surface area contributed by atoms with Gasteiger partial charge in [0.05, 0.1) is 14.2 Å². The summed E-state index contributed by atoms with van der Waals surface area (Å²) in [6.45, 7) is 1.83. The molecule has 2 aromatic rings. The third-order valence-corrected chi connectivity index (χ3v) is 6.81. The molecule has 0 unspecified atom stereocenters. The van der Waals surface area contributed by atoms with Gasteiger partial charge in [-0.25, -0.2) is 0 Å². The molecule has 1 aliphatic heterocycles. The van der Waals surface area contributed by atoms with Gasteiger partial charge in [0.2, 0.25) is 11.8 Å².